The molecule has 1 aromatic rings. The molecule has 0 aliphatic rings. The van der Waals surface area contributed by atoms with Crippen molar-refractivity contribution in [3.63, 3.8) is 0 Å². The molecule has 0 bridgehead atoms. The first-order chi connectivity index (χ1) is 8.92. The number of anilines is 1. The Kier molecular flexibility index (Phi) is 5.99. The van der Waals surface area contributed by atoms with Gasteiger partial charge in [0.2, 0.25) is 0 Å². The Morgan fingerprint density at radius 3 is 2.58 bits per heavy atom. The zero-order valence-corrected chi connectivity index (χ0v) is 11.3. The van der Waals surface area contributed by atoms with E-state index in [0.717, 1.165) is 11.4 Å². The van der Waals surface area contributed by atoms with Gasteiger partial charge in [-0.2, -0.15) is 13.2 Å². The van der Waals surface area contributed by atoms with Gasteiger partial charge in [-0.25, -0.2) is 0 Å². The van der Waals surface area contributed by atoms with Gasteiger partial charge in [0, 0.05) is 12.5 Å². The highest BCUT2D eigenvalue weighted by Crippen LogP contribution is 2.26. The molecule has 0 heterocycles. The van der Waals surface area contributed by atoms with Crippen molar-refractivity contribution in [3.05, 3.63) is 24.3 Å². The molecule has 2 nitrogen and oxygen atoms in total. The monoisotopic (exact) mass is 275 g/mol. The number of hydrogen-bond donors (Lipinski definition) is 1. The van der Waals surface area contributed by atoms with Gasteiger partial charge < -0.3 is 10.1 Å². The third kappa shape index (κ3) is 6.36. The summed E-state index contributed by atoms with van der Waals surface area (Å²) in [4.78, 5) is 0. The summed E-state index contributed by atoms with van der Waals surface area (Å²) in [6.07, 6.45) is -4.19. The molecule has 0 aliphatic heterocycles. The van der Waals surface area contributed by atoms with E-state index in [1.165, 1.54) is 0 Å². The lowest BCUT2D eigenvalue weighted by atomic mass is 10.1. The molecule has 5 heteroatoms. The first-order valence-corrected chi connectivity index (χ1v) is 6.47. The Bertz CT molecular complexity index is 379. The van der Waals surface area contributed by atoms with E-state index in [2.05, 4.69) is 5.32 Å². The highest BCUT2D eigenvalue weighted by atomic mass is 19.4. The lowest BCUT2D eigenvalue weighted by molar-refractivity contribution is -0.135. The summed E-state index contributed by atoms with van der Waals surface area (Å²) in [6.45, 7) is 4.32. The molecule has 1 N–H and O–H groups in total. The van der Waals surface area contributed by atoms with Gasteiger partial charge in [-0.3, -0.25) is 0 Å². The molecule has 1 atom stereocenters. The molecule has 1 aromatic carbocycles. The number of benzene rings is 1. The normalized spacial score (nSPS) is 13.1. The topological polar surface area (TPSA) is 21.3 Å². The molecule has 0 saturated heterocycles. The zero-order valence-electron chi connectivity index (χ0n) is 11.3. The first kappa shape index (κ1) is 15.7. The molecule has 0 saturated carbocycles. The number of hydrogen-bond acceptors (Lipinski definition) is 2. The molecule has 19 heavy (non-hydrogen) atoms. The number of ether oxygens (including phenoxy) is 1. The lowest BCUT2D eigenvalue weighted by Crippen LogP contribution is -2.17. The standard InChI is InChI=1S/C14H20F3NO/c1-3-19-13-9-5-4-8-12(13)18-11(2)7-6-10-14(15,16)17/h4-5,8-9,11,18H,3,6-7,10H2,1-2H3. The minimum atomic E-state index is -4.07. The van der Waals surface area contributed by atoms with Crippen molar-refractivity contribution >= 4 is 5.69 Å². The van der Waals surface area contributed by atoms with E-state index in [-0.39, 0.29) is 12.5 Å². The van der Waals surface area contributed by atoms with Crippen molar-refractivity contribution in [1.82, 2.24) is 0 Å². The molecule has 108 valence electrons. The van der Waals surface area contributed by atoms with Crippen LogP contribution in [-0.2, 0) is 0 Å². The number of halogens is 3. The van der Waals surface area contributed by atoms with Crippen molar-refractivity contribution in [3.8, 4) is 5.75 Å². The quantitative estimate of drug-likeness (QED) is 0.784. The molecule has 0 aromatic heterocycles. The minimum Gasteiger partial charge on any atom is -0.492 e. The van der Waals surface area contributed by atoms with Crippen LogP contribution in [0.1, 0.15) is 33.1 Å². The predicted molar refractivity (Wildman–Crippen MR) is 70.6 cm³/mol. The van der Waals surface area contributed by atoms with E-state index in [1.807, 2.05) is 38.1 Å². The van der Waals surface area contributed by atoms with Crippen LogP contribution in [0, 0.1) is 0 Å². The minimum absolute atomic E-state index is 0.0241. The third-order valence-electron chi connectivity index (χ3n) is 2.69. The van der Waals surface area contributed by atoms with E-state index in [0.29, 0.717) is 13.0 Å². The number of para-hydroxylation sites is 2. The van der Waals surface area contributed by atoms with E-state index in [4.69, 9.17) is 4.74 Å². The maximum absolute atomic E-state index is 12.1. The second kappa shape index (κ2) is 7.26. The van der Waals surface area contributed by atoms with Crippen molar-refractivity contribution in [1.29, 1.82) is 0 Å². The largest absolute Gasteiger partial charge is 0.492 e. The van der Waals surface area contributed by atoms with Crippen LogP contribution in [0.15, 0.2) is 24.3 Å². The van der Waals surface area contributed by atoms with Crippen molar-refractivity contribution in [2.75, 3.05) is 11.9 Å². The average Bonchev–Trinajstić information content (AvgIpc) is 2.30. The molecule has 1 rings (SSSR count). The van der Waals surface area contributed by atoms with Gasteiger partial charge >= 0.3 is 6.18 Å². The summed E-state index contributed by atoms with van der Waals surface area (Å²) >= 11 is 0. The van der Waals surface area contributed by atoms with E-state index >= 15 is 0 Å². The summed E-state index contributed by atoms with van der Waals surface area (Å²) in [5, 5.41) is 3.19. The summed E-state index contributed by atoms with van der Waals surface area (Å²) in [7, 11) is 0. The molecule has 0 fully saturated rings. The maximum Gasteiger partial charge on any atom is 0.389 e. The van der Waals surface area contributed by atoms with E-state index in [1.54, 1.807) is 0 Å². The maximum atomic E-state index is 12.1. The van der Waals surface area contributed by atoms with E-state index < -0.39 is 12.6 Å². The van der Waals surface area contributed by atoms with Crippen LogP contribution in [0.2, 0.25) is 0 Å². The van der Waals surface area contributed by atoms with Gasteiger partial charge in [0.05, 0.1) is 12.3 Å². The van der Waals surface area contributed by atoms with Crippen LogP contribution < -0.4 is 10.1 Å². The number of nitrogens with one attached hydrogen (secondary N) is 1. The summed E-state index contributed by atoms with van der Waals surface area (Å²) < 4.78 is 41.6. The molecular formula is C14H20F3NO. The fourth-order valence-corrected chi connectivity index (χ4v) is 1.81. The molecule has 0 radical (unpaired) electrons. The summed E-state index contributed by atoms with van der Waals surface area (Å²) in [5.74, 6) is 0.729. The van der Waals surface area contributed by atoms with Gasteiger partial charge in [0.25, 0.3) is 0 Å². The fraction of sp³-hybridized carbons (Fsp3) is 0.571. The molecule has 0 aliphatic carbocycles. The van der Waals surface area contributed by atoms with Gasteiger partial charge in [-0.15, -0.1) is 0 Å². The Labute approximate surface area is 112 Å². The second-order valence-corrected chi connectivity index (χ2v) is 4.48. The van der Waals surface area contributed by atoms with Gasteiger partial charge in [0.1, 0.15) is 5.75 Å². The van der Waals surface area contributed by atoms with Gasteiger partial charge in [0.15, 0.2) is 0 Å². The first-order valence-electron chi connectivity index (χ1n) is 6.47. The average molecular weight is 275 g/mol. The molecule has 0 amide bonds. The van der Waals surface area contributed by atoms with Crippen molar-refractivity contribution in [2.45, 2.75) is 45.3 Å². The lowest BCUT2D eigenvalue weighted by Gasteiger charge is -2.18. The van der Waals surface area contributed by atoms with Crippen LogP contribution in [0.25, 0.3) is 0 Å². The highest BCUT2D eigenvalue weighted by molar-refractivity contribution is 5.56. The van der Waals surface area contributed by atoms with E-state index in [9.17, 15) is 13.2 Å². The van der Waals surface area contributed by atoms with Crippen LogP contribution in [-0.4, -0.2) is 18.8 Å². The van der Waals surface area contributed by atoms with Crippen molar-refractivity contribution in [2.24, 2.45) is 0 Å². The smallest absolute Gasteiger partial charge is 0.389 e. The van der Waals surface area contributed by atoms with Gasteiger partial charge in [-0.05, 0) is 38.8 Å². The van der Waals surface area contributed by atoms with Gasteiger partial charge in [-0.1, -0.05) is 12.1 Å². The Balaban J connectivity index is 2.45. The Hall–Kier alpha value is -1.39. The number of alkyl halides is 3. The predicted octanol–water partition coefficient (Wildman–Crippen LogP) is 4.62. The number of rotatable bonds is 7. The molecule has 1 unspecified atom stereocenters. The highest BCUT2D eigenvalue weighted by Gasteiger charge is 2.26. The summed E-state index contributed by atoms with van der Waals surface area (Å²) in [6, 6.07) is 7.42. The van der Waals surface area contributed by atoms with Crippen molar-refractivity contribution < 1.29 is 17.9 Å². The Morgan fingerprint density at radius 1 is 1.26 bits per heavy atom. The van der Waals surface area contributed by atoms with Crippen LogP contribution in [0.3, 0.4) is 0 Å². The van der Waals surface area contributed by atoms with Crippen LogP contribution in [0.5, 0.6) is 5.75 Å². The SMILES string of the molecule is CCOc1ccccc1NC(C)CCCC(F)(F)F. The Morgan fingerprint density at radius 2 is 1.95 bits per heavy atom. The fourth-order valence-electron chi connectivity index (χ4n) is 1.81. The second-order valence-electron chi connectivity index (χ2n) is 4.48. The van der Waals surface area contributed by atoms with Crippen LogP contribution in [0.4, 0.5) is 18.9 Å². The van der Waals surface area contributed by atoms with Crippen LogP contribution >= 0.6 is 0 Å². The zero-order chi connectivity index (χ0) is 14.3. The summed E-state index contributed by atoms with van der Waals surface area (Å²) in [5.41, 5.74) is 0.823. The molecular weight excluding hydrogens is 255 g/mol. The molecule has 0 spiro atoms. The third-order valence-corrected chi connectivity index (χ3v) is 2.69.